The Hall–Kier alpha value is -2.30. The third-order valence-corrected chi connectivity index (χ3v) is 3.88. The maximum Gasteiger partial charge on any atom is 0.220 e. The predicted octanol–water partition coefficient (Wildman–Crippen LogP) is 3.21. The summed E-state index contributed by atoms with van der Waals surface area (Å²) in [6.07, 6.45) is 7.21. The summed E-state index contributed by atoms with van der Waals surface area (Å²) in [5.41, 5.74) is 0.910. The summed E-state index contributed by atoms with van der Waals surface area (Å²) in [6.45, 7) is 2.13. The minimum Gasteiger partial charge on any atom is -0.496 e. The normalized spacial score (nSPS) is 12.0. The first-order chi connectivity index (χ1) is 11.2. The third kappa shape index (κ3) is 4.34. The van der Waals surface area contributed by atoms with Gasteiger partial charge in [0.2, 0.25) is 5.91 Å². The SMILES string of the molecule is CCCCCC(=O)NC(c1ccccc1OC)c1nccn1C. The maximum absolute atomic E-state index is 12.3. The lowest BCUT2D eigenvalue weighted by Crippen LogP contribution is -2.31. The average molecular weight is 315 g/mol. The molecule has 0 spiro atoms. The van der Waals surface area contributed by atoms with E-state index in [4.69, 9.17) is 4.74 Å². The zero-order chi connectivity index (χ0) is 16.7. The Morgan fingerprint density at radius 1 is 1.35 bits per heavy atom. The number of aromatic nitrogens is 2. The van der Waals surface area contributed by atoms with Gasteiger partial charge in [0.1, 0.15) is 17.6 Å². The van der Waals surface area contributed by atoms with E-state index in [1.165, 1.54) is 0 Å². The van der Waals surface area contributed by atoms with Crippen LogP contribution in [0.25, 0.3) is 0 Å². The fourth-order valence-corrected chi connectivity index (χ4v) is 2.61. The lowest BCUT2D eigenvalue weighted by atomic mass is 10.0. The number of amides is 1. The number of nitrogens with one attached hydrogen (secondary N) is 1. The molecule has 0 aliphatic heterocycles. The number of unbranched alkanes of at least 4 members (excludes halogenated alkanes) is 2. The highest BCUT2D eigenvalue weighted by molar-refractivity contribution is 5.77. The minimum atomic E-state index is -0.319. The zero-order valence-corrected chi connectivity index (χ0v) is 14.1. The van der Waals surface area contributed by atoms with Crippen molar-refractivity contribution in [2.75, 3.05) is 7.11 Å². The van der Waals surface area contributed by atoms with E-state index in [2.05, 4.69) is 17.2 Å². The van der Waals surface area contributed by atoms with Gasteiger partial charge in [0.25, 0.3) is 0 Å². The van der Waals surface area contributed by atoms with Crippen molar-refractivity contribution in [2.24, 2.45) is 7.05 Å². The predicted molar refractivity (Wildman–Crippen MR) is 90.3 cm³/mol. The van der Waals surface area contributed by atoms with Gasteiger partial charge in [-0.15, -0.1) is 0 Å². The van der Waals surface area contributed by atoms with E-state index in [9.17, 15) is 4.79 Å². The Morgan fingerprint density at radius 3 is 2.78 bits per heavy atom. The van der Waals surface area contributed by atoms with E-state index in [0.29, 0.717) is 6.42 Å². The second kappa shape index (κ2) is 8.36. The molecule has 1 N–H and O–H groups in total. The number of rotatable bonds is 8. The second-order valence-corrected chi connectivity index (χ2v) is 5.60. The van der Waals surface area contributed by atoms with Crippen LogP contribution in [0.15, 0.2) is 36.7 Å². The lowest BCUT2D eigenvalue weighted by molar-refractivity contribution is -0.121. The van der Waals surface area contributed by atoms with E-state index < -0.39 is 0 Å². The number of aryl methyl sites for hydroxylation is 1. The summed E-state index contributed by atoms with van der Waals surface area (Å²) in [4.78, 5) is 16.7. The van der Waals surface area contributed by atoms with Crippen molar-refractivity contribution in [3.63, 3.8) is 0 Å². The molecule has 0 fully saturated rings. The fourth-order valence-electron chi connectivity index (χ4n) is 2.61. The monoisotopic (exact) mass is 315 g/mol. The highest BCUT2D eigenvalue weighted by Gasteiger charge is 2.23. The minimum absolute atomic E-state index is 0.0392. The van der Waals surface area contributed by atoms with Crippen LogP contribution in [0.5, 0.6) is 5.75 Å². The van der Waals surface area contributed by atoms with Crippen LogP contribution in [0.1, 0.15) is 50.0 Å². The summed E-state index contributed by atoms with van der Waals surface area (Å²) >= 11 is 0. The molecule has 1 aromatic carbocycles. The van der Waals surface area contributed by atoms with Crippen molar-refractivity contribution in [3.8, 4) is 5.75 Å². The van der Waals surface area contributed by atoms with Crippen LogP contribution < -0.4 is 10.1 Å². The topological polar surface area (TPSA) is 56.1 Å². The number of benzene rings is 1. The van der Waals surface area contributed by atoms with Crippen molar-refractivity contribution in [1.82, 2.24) is 14.9 Å². The van der Waals surface area contributed by atoms with Gasteiger partial charge in [-0.1, -0.05) is 38.0 Å². The van der Waals surface area contributed by atoms with E-state index in [0.717, 1.165) is 36.4 Å². The van der Waals surface area contributed by atoms with Gasteiger partial charge in [-0.2, -0.15) is 0 Å². The highest BCUT2D eigenvalue weighted by Crippen LogP contribution is 2.29. The van der Waals surface area contributed by atoms with Gasteiger partial charge in [0, 0.05) is 31.4 Å². The molecule has 0 aliphatic carbocycles. The van der Waals surface area contributed by atoms with Gasteiger partial charge in [-0.3, -0.25) is 4.79 Å². The number of carbonyl (C=O) groups is 1. The Balaban J connectivity index is 2.26. The zero-order valence-electron chi connectivity index (χ0n) is 14.1. The molecule has 5 heteroatoms. The summed E-state index contributed by atoms with van der Waals surface area (Å²) < 4.78 is 7.38. The molecular formula is C18H25N3O2. The van der Waals surface area contributed by atoms with Crippen LogP contribution in [-0.4, -0.2) is 22.6 Å². The van der Waals surface area contributed by atoms with E-state index >= 15 is 0 Å². The number of para-hydroxylation sites is 1. The van der Waals surface area contributed by atoms with Crippen molar-refractivity contribution in [1.29, 1.82) is 0 Å². The molecule has 124 valence electrons. The van der Waals surface area contributed by atoms with Crippen molar-refractivity contribution >= 4 is 5.91 Å². The largest absolute Gasteiger partial charge is 0.496 e. The van der Waals surface area contributed by atoms with Crippen molar-refractivity contribution < 1.29 is 9.53 Å². The number of carbonyl (C=O) groups excluding carboxylic acids is 1. The molecule has 1 atom stereocenters. The number of hydrogen-bond acceptors (Lipinski definition) is 3. The molecule has 0 saturated carbocycles. The number of imidazole rings is 1. The van der Waals surface area contributed by atoms with Crippen LogP contribution in [0.3, 0.4) is 0 Å². The van der Waals surface area contributed by atoms with Gasteiger partial charge in [-0.05, 0) is 12.5 Å². The van der Waals surface area contributed by atoms with Gasteiger partial charge in [0.05, 0.1) is 7.11 Å². The quantitative estimate of drug-likeness (QED) is 0.761. The van der Waals surface area contributed by atoms with E-state index in [-0.39, 0.29) is 11.9 Å². The number of ether oxygens (including phenoxy) is 1. The maximum atomic E-state index is 12.3. The molecule has 5 nitrogen and oxygen atoms in total. The molecule has 0 aliphatic rings. The number of nitrogens with zero attached hydrogens (tertiary/aromatic N) is 2. The van der Waals surface area contributed by atoms with Crippen LogP contribution >= 0.6 is 0 Å². The molecule has 1 unspecified atom stereocenters. The van der Waals surface area contributed by atoms with Crippen LogP contribution in [0.2, 0.25) is 0 Å². The van der Waals surface area contributed by atoms with Crippen LogP contribution in [0.4, 0.5) is 0 Å². The average Bonchev–Trinajstić information content (AvgIpc) is 2.99. The first-order valence-electron chi connectivity index (χ1n) is 8.06. The van der Waals surface area contributed by atoms with Crippen molar-refractivity contribution in [3.05, 3.63) is 48.0 Å². The van der Waals surface area contributed by atoms with Crippen LogP contribution in [-0.2, 0) is 11.8 Å². The number of methoxy groups -OCH3 is 1. The molecule has 0 bridgehead atoms. The standard InChI is InChI=1S/C18H25N3O2/c1-4-5-6-11-16(22)20-17(18-19-12-13-21(18)2)14-9-7-8-10-15(14)23-3/h7-10,12-13,17H,4-6,11H2,1-3H3,(H,20,22). The Morgan fingerprint density at radius 2 is 2.13 bits per heavy atom. The molecule has 23 heavy (non-hydrogen) atoms. The molecular weight excluding hydrogens is 290 g/mol. The van der Waals surface area contributed by atoms with Crippen LogP contribution in [0, 0.1) is 0 Å². The Kier molecular flexibility index (Phi) is 6.20. The van der Waals surface area contributed by atoms with Crippen molar-refractivity contribution in [2.45, 2.75) is 38.6 Å². The van der Waals surface area contributed by atoms with E-state index in [1.54, 1.807) is 13.3 Å². The first-order valence-corrected chi connectivity index (χ1v) is 8.06. The molecule has 2 aromatic rings. The highest BCUT2D eigenvalue weighted by atomic mass is 16.5. The number of hydrogen-bond donors (Lipinski definition) is 1. The molecule has 0 saturated heterocycles. The molecule has 1 heterocycles. The summed E-state index contributed by atoms with van der Waals surface area (Å²) in [6, 6.07) is 7.40. The van der Waals surface area contributed by atoms with Gasteiger partial charge < -0.3 is 14.6 Å². The summed E-state index contributed by atoms with van der Waals surface area (Å²) in [7, 11) is 3.56. The van der Waals surface area contributed by atoms with Gasteiger partial charge in [-0.25, -0.2) is 4.98 Å². The molecule has 0 radical (unpaired) electrons. The first kappa shape index (κ1) is 17.1. The summed E-state index contributed by atoms with van der Waals surface area (Å²) in [5.74, 6) is 1.57. The lowest BCUT2D eigenvalue weighted by Gasteiger charge is -2.21. The molecule has 2 rings (SSSR count). The fraction of sp³-hybridized carbons (Fsp3) is 0.444. The van der Waals surface area contributed by atoms with E-state index in [1.807, 2.05) is 42.1 Å². The van der Waals surface area contributed by atoms with Gasteiger partial charge >= 0.3 is 0 Å². The Labute approximate surface area is 137 Å². The summed E-state index contributed by atoms with van der Waals surface area (Å²) in [5, 5.41) is 3.11. The van der Waals surface area contributed by atoms with Gasteiger partial charge in [0.15, 0.2) is 0 Å². The molecule has 1 amide bonds. The molecule has 1 aromatic heterocycles. The third-order valence-electron chi connectivity index (χ3n) is 3.88. The smallest absolute Gasteiger partial charge is 0.220 e. The Bertz CT molecular complexity index is 637. The second-order valence-electron chi connectivity index (χ2n) is 5.60.